The third kappa shape index (κ3) is 4.96. The predicted molar refractivity (Wildman–Crippen MR) is 134 cm³/mol. The van der Waals surface area contributed by atoms with E-state index in [2.05, 4.69) is 20.6 Å². The average Bonchev–Trinajstić information content (AvgIpc) is 2.83. The number of carbonyl (C=O) groups is 1. The number of nitrogens with zero attached hydrogens (tertiary/aromatic N) is 3. The number of rotatable bonds is 7. The Balaban J connectivity index is 1.75. The van der Waals surface area contributed by atoms with E-state index in [4.69, 9.17) is 16.3 Å². The molecule has 0 radical (unpaired) electrons. The number of hydrogen-bond donors (Lipinski definition) is 2. The molecule has 0 aliphatic rings. The second-order valence-corrected chi connectivity index (χ2v) is 9.66. The van der Waals surface area contributed by atoms with E-state index in [1.807, 2.05) is 0 Å². The van der Waals surface area contributed by atoms with Crippen molar-refractivity contribution in [2.24, 2.45) is 0 Å². The van der Waals surface area contributed by atoms with Gasteiger partial charge in [0.2, 0.25) is 5.82 Å². The summed E-state index contributed by atoms with van der Waals surface area (Å²) in [5.41, 5.74) is 1.70. The zero-order chi connectivity index (χ0) is 24.3. The molecule has 1 unspecified atom stereocenters. The number of nitrogens with one attached hydrogen (secondary N) is 1. The van der Waals surface area contributed by atoms with E-state index in [1.54, 1.807) is 55.5 Å². The summed E-state index contributed by atoms with van der Waals surface area (Å²) in [6, 6.07) is 19.6. The molecule has 4 rings (SSSR count). The molecule has 0 bridgehead atoms. The van der Waals surface area contributed by atoms with E-state index in [9.17, 15) is 14.2 Å². The fraction of sp³-hybridized carbons (Fsp3) is 0.0833. The highest BCUT2D eigenvalue weighted by Crippen LogP contribution is 2.31. The number of ether oxygens (including phenoxy) is 1. The highest BCUT2D eigenvalue weighted by molar-refractivity contribution is 8.01. The van der Waals surface area contributed by atoms with Crippen LogP contribution in [0.15, 0.2) is 77.7 Å². The van der Waals surface area contributed by atoms with Crippen molar-refractivity contribution < 1.29 is 18.9 Å². The lowest BCUT2D eigenvalue weighted by Crippen LogP contribution is -2.20. The number of esters is 1. The number of hydrogen-bond acceptors (Lipinski definition) is 7. The van der Waals surface area contributed by atoms with Crippen LogP contribution in [0.4, 0.5) is 17.3 Å². The van der Waals surface area contributed by atoms with E-state index < -0.39 is 15.7 Å². The number of carbonyl (C=O) groups excluding carboxylic acids is 1. The van der Waals surface area contributed by atoms with Crippen LogP contribution in [-0.4, -0.2) is 37.8 Å². The van der Waals surface area contributed by atoms with Crippen LogP contribution in [0.2, 0.25) is 5.02 Å². The van der Waals surface area contributed by atoms with Crippen molar-refractivity contribution in [3.63, 3.8) is 0 Å². The number of benzene rings is 3. The van der Waals surface area contributed by atoms with E-state index in [0.29, 0.717) is 32.2 Å². The van der Waals surface area contributed by atoms with Gasteiger partial charge in [-0.3, -0.25) is 9.93 Å². The molecule has 0 saturated carbocycles. The minimum absolute atomic E-state index is 0.00734. The van der Waals surface area contributed by atoms with Gasteiger partial charge in [-0.1, -0.05) is 23.7 Å². The van der Waals surface area contributed by atoms with Crippen molar-refractivity contribution in [1.29, 1.82) is 0 Å². The molecule has 0 spiro atoms. The molecule has 1 atom stereocenters. The minimum Gasteiger partial charge on any atom is -0.462 e. The van der Waals surface area contributed by atoms with Gasteiger partial charge in [-0.05, 0) is 73.5 Å². The molecule has 34 heavy (non-hydrogen) atoms. The quantitative estimate of drug-likeness (QED) is 0.208. The normalized spacial score (nSPS) is 12.7. The third-order valence-corrected chi connectivity index (χ3v) is 6.64. The van der Waals surface area contributed by atoms with E-state index in [0.717, 1.165) is 5.06 Å². The standard InChI is InChI=1S/C24H21ClN4O4S/c1-3-33-24(30)16-8-12-18(13-9-16)29(31)23-22(26-20-6-4-5-7-21(20)27-23)28-34(2,32)19-14-10-17(25)11-15-19/h4-15,31H,2-3H2,1H3,(H,26,28,32). The second-order valence-electron chi connectivity index (χ2n) is 7.19. The lowest BCUT2D eigenvalue weighted by Gasteiger charge is -2.21. The Kier molecular flexibility index (Phi) is 6.69. The van der Waals surface area contributed by atoms with Gasteiger partial charge in [-0.2, -0.15) is 0 Å². The van der Waals surface area contributed by atoms with Gasteiger partial charge >= 0.3 is 5.97 Å². The smallest absolute Gasteiger partial charge is 0.338 e. The Morgan fingerprint density at radius 2 is 1.68 bits per heavy atom. The van der Waals surface area contributed by atoms with Crippen LogP contribution in [0.25, 0.3) is 11.0 Å². The first-order chi connectivity index (χ1) is 16.3. The fourth-order valence-electron chi connectivity index (χ4n) is 3.15. The largest absolute Gasteiger partial charge is 0.462 e. The highest BCUT2D eigenvalue weighted by Gasteiger charge is 2.20. The van der Waals surface area contributed by atoms with Gasteiger partial charge in [-0.25, -0.2) is 24.0 Å². The minimum atomic E-state index is -3.07. The number of fused-ring (bicyclic) bond motifs is 1. The molecular weight excluding hydrogens is 476 g/mol. The van der Waals surface area contributed by atoms with Gasteiger partial charge in [0.05, 0.1) is 38.6 Å². The van der Waals surface area contributed by atoms with Crippen LogP contribution in [0, 0.1) is 0 Å². The summed E-state index contributed by atoms with van der Waals surface area (Å²) >= 11 is 5.95. The molecule has 0 amide bonds. The molecule has 8 nitrogen and oxygen atoms in total. The first-order valence-corrected chi connectivity index (χ1v) is 12.3. The predicted octanol–water partition coefficient (Wildman–Crippen LogP) is 5.09. The molecule has 1 heterocycles. The van der Waals surface area contributed by atoms with Crippen molar-refractivity contribution in [2.75, 3.05) is 16.4 Å². The van der Waals surface area contributed by atoms with E-state index >= 15 is 0 Å². The molecule has 0 saturated heterocycles. The molecule has 4 aromatic rings. The van der Waals surface area contributed by atoms with Crippen LogP contribution < -0.4 is 9.79 Å². The molecule has 174 valence electrons. The fourth-order valence-corrected chi connectivity index (χ4v) is 4.42. The summed E-state index contributed by atoms with van der Waals surface area (Å²) < 4.78 is 21.2. The molecule has 2 N–H and O–H groups in total. The Labute approximate surface area is 201 Å². The average molecular weight is 497 g/mol. The van der Waals surface area contributed by atoms with Crippen molar-refractivity contribution in [3.8, 4) is 0 Å². The van der Waals surface area contributed by atoms with Gasteiger partial charge in [0, 0.05) is 9.92 Å². The Morgan fingerprint density at radius 3 is 2.29 bits per heavy atom. The monoisotopic (exact) mass is 496 g/mol. The maximum atomic E-state index is 13.4. The summed E-state index contributed by atoms with van der Waals surface area (Å²) in [4.78, 5) is 21.4. The molecule has 3 aromatic carbocycles. The number of anilines is 3. The molecule has 0 fully saturated rings. The van der Waals surface area contributed by atoms with Gasteiger partial charge in [0.1, 0.15) is 0 Å². The van der Waals surface area contributed by atoms with Crippen molar-refractivity contribution in [3.05, 3.63) is 83.4 Å². The number of para-hydroxylation sites is 2. The maximum Gasteiger partial charge on any atom is 0.338 e. The van der Waals surface area contributed by atoms with Crippen LogP contribution >= 0.6 is 11.6 Å². The molecule has 0 aliphatic heterocycles. The topological polar surface area (TPSA) is 105 Å². The first kappa shape index (κ1) is 23.5. The summed E-state index contributed by atoms with van der Waals surface area (Å²) in [7, 11) is -3.07. The van der Waals surface area contributed by atoms with Crippen LogP contribution in [-0.2, 0) is 14.4 Å². The van der Waals surface area contributed by atoms with Crippen molar-refractivity contribution in [1.82, 2.24) is 9.97 Å². The van der Waals surface area contributed by atoms with E-state index in [-0.39, 0.29) is 18.2 Å². The highest BCUT2D eigenvalue weighted by atomic mass is 35.5. The van der Waals surface area contributed by atoms with Gasteiger partial charge in [-0.15, -0.1) is 0 Å². The summed E-state index contributed by atoms with van der Waals surface area (Å²) in [5, 5.41) is 12.3. The maximum absolute atomic E-state index is 13.4. The van der Waals surface area contributed by atoms with Gasteiger partial charge in [0.15, 0.2) is 5.82 Å². The Hall–Kier alpha value is -3.66. The SMILES string of the molecule is C=S(=O)(Nc1nc2ccccc2nc1N(O)c1ccc(C(=O)OCC)cc1)c1ccc(Cl)cc1. The lowest BCUT2D eigenvalue weighted by atomic mass is 10.2. The Bertz CT molecular complexity index is 1440. The zero-order valence-corrected chi connectivity index (χ0v) is 19.7. The van der Waals surface area contributed by atoms with E-state index in [1.165, 1.54) is 24.3 Å². The lowest BCUT2D eigenvalue weighted by molar-refractivity contribution is 0.0526. The number of halogens is 1. The third-order valence-electron chi connectivity index (χ3n) is 4.83. The summed E-state index contributed by atoms with van der Waals surface area (Å²) in [6.07, 6.45) is 0. The molecule has 0 aliphatic carbocycles. The molecular formula is C24H21ClN4O4S. The van der Waals surface area contributed by atoms with Crippen LogP contribution in [0.3, 0.4) is 0 Å². The van der Waals surface area contributed by atoms with Crippen LogP contribution in [0.5, 0.6) is 0 Å². The van der Waals surface area contributed by atoms with Crippen molar-refractivity contribution >= 4 is 61.5 Å². The first-order valence-electron chi connectivity index (χ1n) is 10.2. The number of aromatic nitrogens is 2. The second kappa shape index (κ2) is 9.68. The summed E-state index contributed by atoms with van der Waals surface area (Å²) in [6.45, 7) is 1.98. The van der Waals surface area contributed by atoms with Crippen LogP contribution in [0.1, 0.15) is 17.3 Å². The van der Waals surface area contributed by atoms with Gasteiger partial charge < -0.3 is 4.74 Å². The van der Waals surface area contributed by atoms with Gasteiger partial charge in [0.25, 0.3) is 0 Å². The van der Waals surface area contributed by atoms with Crippen molar-refractivity contribution in [2.45, 2.75) is 11.8 Å². The Morgan fingerprint density at radius 1 is 1.06 bits per heavy atom. The molecule has 1 aromatic heterocycles. The zero-order valence-electron chi connectivity index (χ0n) is 18.1. The molecule has 10 heteroatoms. The summed E-state index contributed by atoms with van der Waals surface area (Å²) in [5.74, 6) is 3.42.